The summed E-state index contributed by atoms with van der Waals surface area (Å²) in [6.07, 6.45) is 3.76. The molecule has 2 unspecified atom stereocenters. The van der Waals surface area contributed by atoms with E-state index < -0.39 is 0 Å². The van der Waals surface area contributed by atoms with Crippen LogP contribution in [0.15, 0.2) is 0 Å². The van der Waals surface area contributed by atoms with Crippen LogP contribution in [-0.4, -0.2) is 35.3 Å². The van der Waals surface area contributed by atoms with Gasteiger partial charge >= 0.3 is 0 Å². The minimum atomic E-state index is -0.273. The predicted octanol–water partition coefficient (Wildman–Crippen LogP) is 1.94. The van der Waals surface area contributed by atoms with Crippen LogP contribution in [-0.2, 0) is 9.59 Å². The zero-order chi connectivity index (χ0) is 14.2. The van der Waals surface area contributed by atoms with Gasteiger partial charge in [-0.2, -0.15) is 0 Å². The number of hydrogen-bond acceptors (Lipinski definition) is 2. The van der Waals surface area contributed by atoms with E-state index in [1.54, 1.807) is 0 Å². The number of carbonyl (C=O) groups is 2. The van der Waals surface area contributed by atoms with Gasteiger partial charge < -0.3 is 10.2 Å². The molecule has 2 amide bonds. The average molecular weight is 266 g/mol. The minimum absolute atomic E-state index is 0.0351. The van der Waals surface area contributed by atoms with Crippen molar-refractivity contribution in [1.29, 1.82) is 0 Å². The molecule has 4 heteroatoms. The van der Waals surface area contributed by atoms with Gasteiger partial charge in [0.2, 0.25) is 11.8 Å². The fraction of sp³-hybridized carbons (Fsp3) is 0.867. The van der Waals surface area contributed by atoms with Gasteiger partial charge in [0.05, 0.1) is 0 Å². The Balaban J connectivity index is 2.09. The standard InChI is InChI=1S/C15H26N2O2/c1-5-11-13(18)16-12(10-6-7-10)14(19)17(11)9-8-15(2,3)4/h10-12H,5-9H2,1-4H3,(H,16,18). The van der Waals surface area contributed by atoms with Gasteiger partial charge in [-0.15, -0.1) is 0 Å². The minimum Gasteiger partial charge on any atom is -0.342 e. The molecule has 0 aromatic heterocycles. The lowest BCUT2D eigenvalue weighted by atomic mass is 9.91. The first-order valence-corrected chi connectivity index (χ1v) is 7.44. The molecule has 2 atom stereocenters. The average Bonchev–Trinajstić information content (AvgIpc) is 3.12. The molecule has 0 bridgehead atoms. The maximum absolute atomic E-state index is 12.5. The van der Waals surface area contributed by atoms with Crippen LogP contribution in [0.25, 0.3) is 0 Å². The smallest absolute Gasteiger partial charge is 0.246 e. The molecule has 2 fully saturated rings. The molecule has 1 saturated heterocycles. The molecule has 0 aromatic carbocycles. The highest BCUT2D eigenvalue weighted by Gasteiger charge is 2.46. The van der Waals surface area contributed by atoms with Crippen molar-refractivity contribution in [2.75, 3.05) is 6.54 Å². The molecular weight excluding hydrogens is 240 g/mol. The van der Waals surface area contributed by atoms with E-state index in [0.717, 1.165) is 19.3 Å². The van der Waals surface area contributed by atoms with E-state index in [0.29, 0.717) is 18.9 Å². The van der Waals surface area contributed by atoms with Crippen LogP contribution in [0.3, 0.4) is 0 Å². The van der Waals surface area contributed by atoms with Crippen LogP contribution in [0, 0.1) is 11.3 Å². The number of nitrogens with one attached hydrogen (secondary N) is 1. The van der Waals surface area contributed by atoms with Crippen LogP contribution in [0.5, 0.6) is 0 Å². The number of amides is 2. The number of rotatable bonds is 4. The first-order chi connectivity index (χ1) is 8.83. The van der Waals surface area contributed by atoms with Crippen LogP contribution >= 0.6 is 0 Å². The SMILES string of the molecule is CCC1C(=O)NC(C2CC2)C(=O)N1CCC(C)(C)C. The summed E-state index contributed by atoms with van der Waals surface area (Å²) in [7, 11) is 0. The number of piperazine rings is 1. The molecule has 0 spiro atoms. The second kappa shape index (κ2) is 5.14. The van der Waals surface area contributed by atoms with E-state index in [2.05, 4.69) is 26.1 Å². The van der Waals surface area contributed by atoms with Crippen molar-refractivity contribution >= 4 is 11.8 Å². The summed E-state index contributed by atoms with van der Waals surface area (Å²) in [5.41, 5.74) is 0.182. The van der Waals surface area contributed by atoms with Crippen molar-refractivity contribution in [2.45, 2.75) is 65.5 Å². The lowest BCUT2D eigenvalue weighted by molar-refractivity contribution is -0.150. The largest absolute Gasteiger partial charge is 0.342 e. The van der Waals surface area contributed by atoms with E-state index in [-0.39, 0.29) is 29.3 Å². The quantitative estimate of drug-likeness (QED) is 0.845. The third kappa shape index (κ3) is 3.28. The van der Waals surface area contributed by atoms with E-state index in [9.17, 15) is 9.59 Å². The Hall–Kier alpha value is -1.06. The Morgan fingerprint density at radius 2 is 1.89 bits per heavy atom. The van der Waals surface area contributed by atoms with Gasteiger partial charge in [0.1, 0.15) is 12.1 Å². The Morgan fingerprint density at radius 3 is 2.37 bits per heavy atom. The maximum Gasteiger partial charge on any atom is 0.246 e. The highest BCUT2D eigenvalue weighted by molar-refractivity contribution is 5.97. The molecule has 0 aromatic rings. The van der Waals surface area contributed by atoms with Crippen molar-refractivity contribution in [3.63, 3.8) is 0 Å². The molecule has 2 aliphatic rings. The van der Waals surface area contributed by atoms with E-state index in [1.165, 1.54) is 0 Å². The third-order valence-electron chi connectivity index (χ3n) is 4.11. The highest BCUT2D eigenvalue weighted by Crippen LogP contribution is 2.35. The summed E-state index contributed by atoms with van der Waals surface area (Å²) in [5.74, 6) is 0.553. The van der Waals surface area contributed by atoms with E-state index >= 15 is 0 Å². The van der Waals surface area contributed by atoms with Crippen molar-refractivity contribution < 1.29 is 9.59 Å². The van der Waals surface area contributed by atoms with Gasteiger partial charge in [-0.05, 0) is 37.0 Å². The topological polar surface area (TPSA) is 49.4 Å². The molecule has 1 N–H and O–H groups in total. The van der Waals surface area contributed by atoms with Crippen molar-refractivity contribution in [3.05, 3.63) is 0 Å². The number of hydrogen-bond donors (Lipinski definition) is 1. The van der Waals surface area contributed by atoms with Gasteiger partial charge in [-0.1, -0.05) is 27.7 Å². The molecule has 1 aliphatic carbocycles. The van der Waals surface area contributed by atoms with Gasteiger partial charge in [-0.25, -0.2) is 0 Å². The van der Waals surface area contributed by atoms with E-state index in [4.69, 9.17) is 0 Å². The predicted molar refractivity (Wildman–Crippen MR) is 74.5 cm³/mol. The fourth-order valence-corrected chi connectivity index (χ4v) is 2.66. The first kappa shape index (κ1) is 14.4. The Labute approximate surface area is 115 Å². The van der Waals surface area contributed by atoms with Gasteiger partial charge in [0.25, 0.3) is 0 Å². The van der Waals surface area contributed by atoms with Crippen molar-refractivity contribution in [1.82, 2.24) is 10.2 Å². The molecule has 0 radical (unpaired) electrons. The van der Waals surface area contributed by atoms with Crippen molar-refractivity contribution in [3.8, 4) is 0 Å². The normalized spacial score (nSPS) is 28.5. The van der Waals surface area contributed by atoms with Gasteiger partial charge in [-0.3, -0.25) is 9.59 Å². The molecule has 1 aliphatic heterocycles. The van der Waals surface area contributed by atoms with Crippen molar-refractivity contribution in [2.24, 2.45) is 11.3 Å². The second-order valence-corrected chi connectivity index (χ2v) is 7.09. The summed E-state index contributed by atoms with van der Waals surface area (Å²) >= 11 is 0. The van der Waals surface area contributed by atoms with Crippen LogP contribution in [0.2, 0.25) is 0 Å². The highest BCUT2D eigenvalue weighted by atomic mass is 16.2. The van der Waals surface area contributed by atoms with Crippen LogP contribution < -0.4 is 5.32 Å². The molecule has 1 heterocycles. The van der Waals surface area contributed by atoms with E-state index in [1.807, 2.05) is 11.8 Å². The fourth-order valence-electron chi connectivity index (χ4n) is 2.66. The number of carbonyl (C=O) groups excluding carboxylic acids is 2. The molecule has 2 rings (SSSR count). The summed E-state index contributed by atoms with van der Waals surface area (Å²) in [5, 5.41) is 2.93. The second-order valence-electron chi connectivity index (χ2n) is 7.09. The molecule has 4 nitrogen and oxygen atoms in total. The monoisotopic (exact) mass is 266 g/mol. The van der Waals surface area contributed by atoms with Gasteiger partial charge in [0.15, 0.2) is 0 Å². The molecule has 1 saturated carbocycles. The third-order valence-corrected chi connectivity index (χ3v) is 4.11. The molecular formula is C15H26N2O2. The summed E-state index contributed by atoms with van der Waals surface area (Å²) in [6, 6.07) is -0.528. The Morgan fingerprint density at radius 1 is 1.26 bits per heavy atom. The lowest BCUT2D eigenvalue weighted by Crippen LogP contribution is -2.64. The lowest BCUT2D eigenvalue weighted by Gasteiger charge is -2.40. The summed E-state index contributed by atoms with van der Waals surface area (Å²) < 4.78 is 0. The van der Waals surface area contributed by atoms with Crippen LogP contribution in [0.1, 0.15) is 53.4 Å². The summed E-state index contributed by atoms with van der Waals surface area (Å²) in [6.45, 7) is 9.17. The zero-order valence-corrected chi connectivity index (χ0v) is 12.5. The van der Waals surface area contributed by atoms with Crippen LogP contribution in [0.4, 0.5) is 0 Å². The zero-order valence-electron chi connectivity index (χ0n) is 12.5. The number of nitrogens with zero attached hydrogens (tertiary/aromatic N) is 1. The van der Waals surface area contributed by atoms with Gasteiger partial charge in [0, 0.05) is 6.54 Å². The Kier molecular flexibility index (Phi) is 3.88. The molecule has 19 heavy (non-hydrogen) atoms. The maximum atomic E-state index is 12.5. The molecule has 108 valence electrons. The first-order valence-electron chi connectivity index (χ1n) is 7.44. The Bertz CT molecular complexity index is 369. The summed E-state index contributed by atoms with van der Waals surface area (Å²) in [4.78, 5) is 26.5.